The molecule has 0 saturated heterocycles. The Balaban J connectivity index is 2.25. The molecule has 0 heterocycles. The minimum Gasteiger partial charge on any atom is -0.493 e. The standard InChI is InChI=1S/C15H12BrClO4/c1-20-13-7-10(15(18)19)6-12(16)14(13)21-8-9-3-2-4-11(17)5-9/h2-7H,8H2,1H3,(H,18,19). The van der Waals surface area contributed by atoms with Crippen LogP contribution in [0.1, 0.15) is 15.9 Å². The minimum atomic E-state index is -1.03. The first-order valence-corrected chi connectivity index (χ1v) is 7.16. The highest BCUT2D eigenvalue weighted by Gasteiger charge is 2.15. The Kier molecular flexibility index (Phi) is 5.09. The van der Waals surface area contributed by atoms with E-state index in [1.807, 2.05) is 12.1 Å². The molecule has 0 unspecified atom stereocenters. The SMILES string of the molecule is COc1cc(C(=O)O)cc(Br)c1OCc1cccc(Cl)c1. The number of hydrogen-bond donors (Lipinski definition) is 1. The quantitative estimate of drug-likeness (QED) is 0.847. The second kappa shape index (κ2) is 6.83. The lowest BCUT2D eigenvalue weighted by atomic mass is 10.2. The Morgan fingerprint density at radius 1 is 1.33 bits per heavy atom. The zero-order valence-electron chi connectivity index (χ0n) is 11.1. The van der Waals surface area contributed by atoms with Gasteiger partial charge in [-0.25, -0.2) is 4.79 Å². The van der Waals surface area contributed by atoms with Crippen molar-refractivity contribution < 1.29 is 19.4 Å². The first kappa shape index (κ1) is 15.7. The number of methoxy groups -OCH3 is 1. The second-order valence-electron chi connectivity index (χ2n) is 4.21. The van der Waals surface area contributed by atoms with Gasteiger partial charge in [-0.2, -0.15) is 0 Å². The highest BCUT2D eigenvalue weighted by atomic mass is 79.9. The van der Waals surface area contributed by atoms with Gasteiger partial charge in [0.05, 0.1) is 17.1 Å². The number of hydrogen-bond acceptors (Lipinski definition) is 3. The maximum absolute atomic E-state index is 11.0. The van der Waals surface area contributed by atoms with Gasteiger partial charge in [-0.05, 0) is 45.8 Å². The number of benzene rings is 2. The maximum atomic E-state index is 11.0. The van der Waals surface area contributed by atoms with Crippen molar-refractivity contribution in [3.05, 3.63) is 57.0 Å². The molecule has 0 aromatic heterocycles. The van der Waals surface area contributed by atoms with Gasteiger partial charge in [0.25, 0.3) is 0 Å². The molecule has 1 N–H and O–H groups in total. The number of carbonyl (C=O) groups is 1. The lowest BCUT2D eigenvalue weighted by Crippen LogP contribution is -2.02. The average Bonchev–Trinajstić information content (AvgIpc) is 2.45. The number of halogens is 2. The third kappa shape index (κ3) is 3.89. The summed E-state index contributed by atoms with van der Waals surface area (Å²) in [6.07, 6.45) is 0. The largest absolute Gasteiger partial charge is 0.493 e. The Bertz CT molecular complexity index is 673. The van der Waals surface area contributed by atoms with E-state index in [-0.39, 0.29) is 5.56 Å². The van der Waals surface area contributed by atoms with Crippen LogP contribution in [0.2, 0.25) is 5.02 Å². The van der Waals surface area contributed by atoms with Crippen molar-refractivity contribution in [1.29, 1.82) is 0 Å². The molecule has 0 fully saturated rings. The summed E-state index contributed by atoms with van der Waals surface area (Å²) in [6, 6.07) is 10.2. The molecule has 110 valence electrons. The fourth-order valence-corrected chi connectivity index (χ4v) is 2.54. The average molecular weight is 372 g/mol. The van der Waals surface area contributed by atoms with Crippen LogP contribution in [-0.2, 0) is 6.61 Å². The molecule has 0 aliphatic carbocycles. The third-order valence-electron chi connectivity index (χ3n) is 2.75. The topological polar surface area (TPSA) is 55.8 Å². The Hall–Kier alpha value is -1.72. The van der Waals surface area contributed by atoms with Crippen LogP contribution in [0.4, 0.5) is 0 Å². The van der Waals surface area contributed by atoms with Gasteiger partial charge in [0.2, 0.25) is 0 Å². The van der Waals surface area contributed by atoms with E-state index in [9.17, 15) is 4.79 Å². The molecule has 0 bridgehead atoms. The number of aromatic carboxylic acids is 1. The van der Waals surface area contributed by atoms with E-state index in [1.165, 1.54) is 19.2 Å². The predicted molar refractivity (Wildman–Crippen MR) is 83.4 cm³/mol. The summed E-state index contributed by atoms with van der Waals surface area (Å²) in [6.45, 7) is 0.294. The van der Waals surface area contributed by atoms with Gasteiger partial charge in [-0.1, -0.05) is 23.7 Å². The smallest absolute Gasteiger partial charge is 0.335 e. The normalized spacial score (nSPS) is 10.2. The van der Waals surface area contributed by atoms with Gasteiger partial charge in [-0.15, -0.1) is 0 Å². The van der Waals surface area contributed by atoms with Crippen molar-refractivity contribution in [2.45, 2.75) is 6.61 Å². The summed E-state index contributed by atoms with van der Waals surface area (Å²) in [5, 5.41) is 9.65. The van der Waals surface area contributed by atoms with E-state index in [2.05, 4.69) is 15.9 Å². The van der Waals surface area contributed by atoms with Crippen LogP contribution in [0.15, 0.2) is 40.9 Å². The lowest BCUT2D eigenvalue weighted by molar-refractivity contribution is 0.0696. The van der Waals surface area contributed by atoms with E-state index in [0.29, 0.717) is 27.6 Å². The number of carboxylic acid groups (broad SMARTS) is 1. The molecule has 0 saturated carbocycles. The van der Waals surface area contributed by atoms with Crippen LogP contribution in [0, 0.1) is 0 Å². The lowest BCUT2D eigenvalue weighted by Gasteiger charge is -2.13. The number of rotatable bonds is 5. The van der Waals surface area contributed by atoms with Crippen LogP contribution in [0.25, 0.3) is 0 Å². The Morgan fingerprint density at radius 3 is 2.71 bits per heavy atom. The number of carboxylic acids is 1. The molecule has 0 aliphatic rings. The predicted octanol–water partition coefficient (Wildman–Crippen LogP) is 4.39. The van der Waals surface area contributed by atoms with Gasteiger partial charge >= 0.3 is 5.97 Å². The van der Waals surface area contributed by atoms with Gasteiger partial charge in [0, 0.05) is 5.02 Å². The minimum absolute atomic E-state index is 0.119. The summed E-state index contributed by atoms with van der Waals surface area (Å²) in [5.74, 6) is -0.235. The van der Waals surface area contributed by atoms with Crippen molar-refractivity contribution in [1.82, 2.24) is 0 Å². The van der Waals surface area contributed by atoms with E-state index in [0.717, 1.165) is 5.56 Å². The van der Waals surface area contributed by atoms with Gasteiger partial charge in [-0.3, -0.25) is 0 Å². The zero-order chi connectivity index (χ0) is 15.4. The maximum Gasteiger partial charge on any atom is 0.335 e. The van der Waals surface area contributed by atoms with Crippen LogP contribution in [-0.4, -0.2) is 18.2 Å². The fraction of sp³-hybridized carbons (Fsp3) is 0.133. The highest BCUT2D eigenvalue weighted by molar-refractivity contribution is 9.10. The molecule has 0 spiro atoms. The van der Waals surface area contributed by atoms with Crippen molar-refractivity contribution >= 4 is 33.5 Å². The Labute approximate surface area is 135 Å². The van der Waals surface area contributed by atoms with Gasteiger partial charge in [0.1, 0.15) is 6.61 Å². The van der Waals surface area contributed by atoms with Crippen molar-refractivity contribution in [3.63, 3.8) is 0 Å². The molecule has 2 aromatic rings. The van der Waals surface area contributed by atoms with Gasteiger partial charge in [0.15, 0.2) is 11.5 Å². The monoisotopic (exact) mass is 370 g/mol. The molecule has 0 atom stereocenters. The first-order valence-electron chi connectivity index (χ1n) is 5.99. The molecule has 2 rings (SSSR count). The summed E-state index contributed by atoms with van der Waals surface area (Å²) < 4.78 is 11.4. The third-order valence-corrected chi connectivity index (χ3v) is 3.57. The van der Waals surface area contributed by atoms with Gasteiger partial charge < -0.3 is 14.6 Å². The van der Waals surface area contributed by atoms with Crippen molar-refractivity contribution in [2.75, 3.05) is 7.11 Å². The fourth-order valence-electron chi connectivity index (χ4n) is 1.77. The molecule has 2 aromatic carbocycles. The molecule has 0 radical (unpaired) electrons. The van der Waals surface area contributed by atoms with E-state index < -0.39 is 5.97 Å². The molecular weight excluding hydrogens is 360 g/mol. The summed E-state index contributed by atoms with van der Waals surface area (Å²) in [5.41, 5.74) is 1.02. The molecule has 21 heavy (non-hydrogen) atoms. The molecule has 0 amide bonds. The summed E-state index contributed by atoms with van der Waals surface area (Å²) >= 11 is 9.22. The van der Waals surface area contributed by atoms with Crippen molar-refractivity contribution in [3.8, 4) is 11.5 Å². The first-order chi connectivity index (χ1) is 10.0. The molecule has 6 heteroatoms. The van der Waals surface area contributed by atoms with E-state index in [4.69, 9.17) is 26.2 Å². The van der Waals surface area contributed by atoms with Crippen molar-refractivity contribution in [2.24, 2.45) is 0 Å². The van der Waals surface area contributed by atoms with Crippen LogP contribution in [0.3, 0.4) is 0 Å². The van der Waals surface area contributed by atoms with E-state index in [1.54, 1.807) is 12.1 Å². The highest BCUT2D eigenvalue weighted by Crippen LogP contribution is 2.37. The van der Waals surface area contributed by atoms with E-state index >= 15 is 0 Å². The molecule has 4 nitrogen and oxygen atoms in total. The van der Waals surface area contributed by atoms with Crippen LogP contribution >= 0.6 is 27.5 Å². The number of ether oxygens (including phenoxy) is 2. The van der Waals surface area contributed by atoms with Crippen LogP contribution < -0.4 is 9.47 Å². The molecular formula is C15H12BrClO4. The second-order valence-corrected chi connectivity index (χ2v) is 5.50. The summed E-state index contributed by atoms with van der Waals surface area (Å²) in [4.78, 5) is 11.0. The molecule has 0 aliphatic heterocycles. The van der Waals surface area contributed by atoms with Crippen LogP contribution in [0.5, 0.6) is 11.5 Å². The Morgan fingerprint density at radius 2 is 2.10 bits per heavy atom. The summed E-state index contributed by atoms with van der Waals surface area (Å²) in [7, 11) is 1.46. The zero-order valence-corrected chi connectivity index (χ0v) is 13.4.